The molecule has 84 valence electrons. The Kier molecular flexibility index (Phi) is 3.50. The minimum atomic E-state index is -0.148. The topological polar surface area (TPSA) is 42.0 Å². The Balaban J connectivity index is 0.000000531. The molecule has 1 amide bonds. The molecule has 0 atom stereocenters. The Hall–Kier alpha value is -0.900. The number of hydrogen-bond donors (Lipinski definition) is 1. The number of nitrogens with zero attached hydrogens (tertiary/aromatic N) is 1. The molecule has 2 heterocycles. The molecule has 1 aromatic heterocycles. The first kappa shape index (κ1) is 12.2. The number of nitrogens with one attached hydrogen (secondary N) is 1. The molecule has 4 heteroatoms. The summed E-state index contributed by atoms with van der Waals surface area (Å²) in [5, 5.41) is 3.93. The summed E-state index contributed by atoms with van der Waals surface area (Å²) in [5.74, 6) is 0.0249. The maximum absolute atomic E-state index is 11.6. The zero-order valence-electron chi connectivity index (χ0n) is 9.97. The van der Waals surface area contributed by atoms with Gasteiger partial charge in [-0.25, -0.2) is 4.98 Å². The van der Waals surface area contributed by atoms with Crippen molar-refractivity contribution < 1.29 is 4.79 Å². The normalized spacial score (nSPS) is 17.3. The van der Waals surface area contributed by atoms with Crippen molar-refractivity contribution in [2.24, 2.45) is 0 Å². The third-order valence-electron chi connectivity index (χ3n) is 2.07. The van der Waals surface area contributed by atoms with Gasteiger partial charge in [0, 0.05) is 12.0 Å². The van der Waals surface area contributed by atoms with Crippen LogP contribution in [0.4, 0.5) is 0 Å². The molecule has 0 aromatic carbocycles. The van der Waals surface area contributed by atoms with E-state index in [0.29, 0.717) is 0 Å². The second-order valence-electron chi connectivity index (χ2n) is 4.02. The molecule has 1 aromatic rings. The number of rotatable bonds is 0. The van der Waals surface area contributed by atoms with Gasteiger partial charge in [0.25, 0.3) is 5.91 Å². The molecule has 0 saturated heterocycles. The summed E-state index contributed by atoms with van der Waals surface area (Å²) in [7, 11) is 0. The van der Waals surface area contributed by atoms with Crippen LogP contribution in [-0.4, -0.2) is 16.4 Å². The smallest absolute Gasteiger partial charge is 0.263 e. The van der Waals surface area contributed by atoms with Crippen LogP contribution in [0, 0.1) is 6.92 Å². The molecule has 0 fully saturated rings. The maximum Gasteiger partial charge on any atom is 0.263 e. The van der Waals surface area contributed by atoms with E-state index in [0.717, 1.165) is 22.0 Å². The second-order valence-corrected chi connectivity index (χ2v) is 5.23. The molecule has 0 spiro atoms. The first-order valence-corrected chi connectivity index (χ1v) is 6.08. The molecule has 1 aliphatic rings. The predicted molar refractivity (Wildman–Crippen MR) is 63.4 cm³/mol. The molecule has 3 nitrogen and oxygen atoms in total. The number of fused-ring (bicyclic) bond motifs is 1. The van der Waals surface area contributed by atoms with Crippen LogP contribution in [0.2, 0.25) is 0 Å². The number of amides is 1. The molecule has 1 N–H and O–H groups in total. The summed E-state index contributed by atoms with van der Waals surface area (Å²) in [6, 6.07) is 0. The molecular weight excluding hydrogens is 208 g/mol. The second kappa shape index (κ2) is 4.31. The largest absolute Gasteiger partial charge is 0.346 e. The van der Waals surface area contributed by atoms with Gasteiger partial charge in [0.1, 0.15) is 4.88 Å². The van der Waals surface area contributed by atoms with E-state index in [4.69, 9.17) is 0 Å². The van der Waals surface area contributed by atoms with Gasteiger partial charge in [0.05, 0.1) is 10.7 Å². The molecule has 0 unspecified atom stereocenters. The average Bonchev–Trinajstić information content (AvgIpc) is 2.47. The summed E-state index contributed by atoms with van der Waals surface area (Å²) >= 11 is 1.48. The Morgan fingerprint density at radius 2 is 2.00 bits per heavy atom. The van der Waals surface area contributed by atoms with Crippen molar-refractivity contribution in [2.75, 3.05) is 0 Å². The molecule has 0 aliphatic carbocycles. The number of hydrogen-bond acceptors (Lipinski definition) is 3. The first-order valence-electron chi connectivity index (χ1n) is 5.27. The third-order valence-corrected chi connectivity index (χ3v) is 3.08. The van der Waals surface area contributed by atoms with Gasteiger partial charge in [-0.2, -0.15) is 0 Å². The first-order chi connectivity index (χ1) is 6.98. The lowest BCUT2D eigenvalue weighted by molar-refractivity contribution is 0.0901. The molecule has 0 saturated carbocycles. The molecule has 0 bridgehead atoms. The zero-order valence-corrected chi connectivity index (χ0v) is 10.8. The van der Waals surface area contributed by atoms with Gasteiger partial charge in [-0.1, -0.05) is 13.8 Å². The maximum atomic E-state index is 11.6. The highest BCUT2D eigenvalue weighted by atomic mass is 32.1. The van der Waals surface area contributed by atoms with E-state index < -0.39 is 0 Å². The van der Waals surface area contributed by atoms with Crippen molar-refractivity contribution >= 4 is 17.2 Å². The van der Waals surface area contributed by atoms with E-state index >= 15 is 0 Å². The number of carbonyl (C=O) groups is 1. The van der Waals surface area contributed by atoms with Gasteiger partial charge < -0.3 is 5.32 Å². The van der Waals surface area contributed by atoms with Gasteiger partial charge in [-0.15, -0.1) is 11.3 Å². The van der Waals surface area contributed by atoms with Crippen molar-refractivity contribution in [1.29, 1.82) is 0 Å². The van der Waals surface area contributed by atoms with Crippen LogP contribution in [0.3, 0.4) is 0 Å². The number of aromatic nitrogens is 1. The van der Waals surface area contributed by atoms with E-state index in [1.54, 1.807) is 0 Å². The van der Waals surface area contributed by atoms with Crippen LogP contribution < -0.4 is 5.32 Å². The fourth-order valence-electron chi connectivity index (χ4n) is 1.59. The molecule has 15 heavy (non-hydrogen) atoms. The van der Waals surface area contributed by atoms with Crippen molar-refractivity contribution in [2.45, 2.75) is 46.6 Å². The number of thiazole rings is 1. The monoisotopic (exact) mass is 226 g/mol. The Morgan fingerprint density at radius 3 is 2.60 bits per heavy atom. The summed E-state index contributed by atoms with van der Waals surface area (Å²) < 4.78 is 0. The van der Waals surface area contributed by atoms with Crippen LogP contribution >= 0.6 is 11.3 Å². The standard InChI is InChI=1S/C9H12N2OS.C2H6/c1-5-10-6-4-9(2,3)11-8(12)7(6)13-5;1-2/h4H2,1-3H3,(H,11,12);1-2H3. The van der Waals surface area contributed by atoms with Gasteiger partial charge >= 0.3 is 0 Å². The predicted octanol–water partition coefficient (Wildman–Crippen LogP) is 2.54. The van der Waals surface area contributed by atoms with Gasteiger partial charge in [0.2, 0.25) is 0 Å². The summed E-state index contributed by atoms with van der Waals surface area (Å²) in [5.41, 5.74) is 0.807. The third kappa shape index (κ3) is 2.56. The summed E-state index contributed by atoms with van der Waals surface area (Å²) in [4.78, 5) is 16.7. The Bertz CT molecular complexity index is 369. The van der Waals surface area contributed by atoms with Gasteiger partial charge in [-0.05, 0) is 20.8 Å². The van der Waals surface area contributed by atoms with Gasteiger partial charge in [-0.3, -0.25) is 4.79 Å². The van der Waals surface area contributed by atoms with Crippen LogP contribution in [0.1, 0.15) is 48.1 Å². The van der Waals surface area contributed by atoms with Crippen LogP contribution in [0.5, 0.6) is 0 Å². The highest BCUT2D eigenvalue weighted by molar-refractivity contribution is 7.13. The fraction of sp³-hybridized carbons (Fsp3) is 0.636. The molecular formula is C11H18N2OS. The quantitative estimate of drug-likeness (QED) is 0.738. The van der Waals surface area contributed by atoms with Crippen LogP contribution in [0.25, 0.3) is 0 Å². The lowest BCUT2D eigenvalue weighted by Crippen LogP contribution is -2.48. The van der Waals surface area contributed by atoms with E-state index in [9.17, 15) is 4.79 Å². The minimum absolute atomic E-state index is 0.0249. The van der Waals surface area contributed by atoms with Crippen molar-refractivity contribution in [3.63, 3.8) is 0 Å². The van der Waals surface area contributed by atoms with Crippen LogP contribution in [0.15, 0.2) is 0 Å². The van der Waals surface area contributed by atoms with E-state index in [-0.39, 0.29) is 11.4 Å². The molecule has 1 aliphatic heterocycles. The van der Waals surface area contributed by atoms with Crippen LogP contribution in [-0.2, 0) is 6.42 Å². The average molecular weight is 226 g/mol. The summed E-state index contributed by atoms with van der Waals surface area (Å²) in [6.45, 7) is 9.97. The minimum Gasteiger partial charge on any atom is -0.346 e. The van der Waals surface area contributed by atoms with Crippen molar-refractivity contribution in [3.8, 4) is 0 Å². The highest BCUT2D eigenvalue weighted by Crippen LogP contribution is 2.26. The highest BCUT2D eigenvalue weighted by Gasteiger charge is 2.32. The van der Waals surface area contributed by atoms with Crippen molar-refractivity contribution in [3.05, 3.63) is 15.6 Å². The van der Waals surface area contributed by atoms with Crippen molar-refractivity contribution in [1.82, 2.24) is 10.3 Å². The number of aryl methyl sites for hydroxylation is 1. The van der Waals surface area contributed by atoms with Gasteiger partial charge in [0.15, 0.2) is 0 Å². The number of carbonyl (C=O) groups excluding carboxylic acids is 1. The Labute approximate surface area is 94.9 Å². The zero-order chi connectivity index (χ0) is 11.6. The summed E-state index contributed by atoms with van der Waals surface area (Å²) in [6.07, 6.45) is 0.832. The fourth-order valence-corrected chi connectivity index (χ4v) is 2.42. The lowest BCUT2D eigenvalue weighted by atomic mass is 9.94. The molecule has 2 rings (SSSR count). The van der Waals surface area contributed by atoms with E-state index in [2.05, 4.69) is 10.3 Å². The van der Waals surface area contributed by atoms with E-state index in [1.165, 1.54) is 11.3 Å². The van der Waals surface area contributed by atoms with E-state index in [1.807, 2.05) is 34.6 Å². The Morgan fingerprint density at radius 1 is 1.40 bits per heavy atom. The molecule has 0 radical (unpaired) electrons. The lowest BCUT2D eigenvalue weighted by Gasteiger charge is -2.29. The SMILES string of the molecule is CC.Cc1nc2c(s1)C(=O)NC(C)(C)C2.